The van der Waals surface area contributed by atoms with Crippen LogP contribution in [0.5, 0.6) is 0 Å². The Morgan fingerprint density at radius 3 is 2.92 bits per heavy atom. The van der Waals surface area contributed by atoms with Gasteiger partial charge in [0.1, 0.15) is 5.58 Å². The number of aryl methyl sites for hydroxylation is 1. The van der Waals surface area contributed by atoms with Crippen LogP contribution in [0.2, 0.25) is 0 Å². The molecule has 4 heteroatoms. The first-order valence-corrected chi connectivity index (χ1v) is 8.32. The lowest BCUT2D eigenvalue weighted by molar-refractivity contribution is 0.0930. The van der Waals surface area contributed by atoms with Crippen LogP contribution in [0.25, 0.3) is 21.7 Å². The molecule has 0 bridgehead atoms. The van der Waals surface area contributed by atoms with Crippen molar-refractivity contribution in [3.63, 3.8) is 0 Å². The fourth-order valence-electron chi connectivity index (χ4n) is 3.27. The van der Waals surface area contributed by atoms with Crippen LogP contribution in [0.15, 0.2) is 52.5 Å². The number of rotatable bonds is 3. The van der Waals surface area contributed by atoms with Crippen molar-refractivity contribution in [2.75, 3.05) is 19.6 Å². The standard InChI is InChI=1S/C20H20N2O2/c1-13-16-7-6-15-4-2-3-5-17(15)19(16)24-18(13)20(23)22-12-14-8-10-21-11-9-14/h2-8,21H,9-12H2,1H3,(H,22,23). The van der Waals surface area contributed by atoms with E-state index in [9.17, 15) is 4.79 Å². The third kappa shape index (κ3) is 2.59. The van der Waals surface area contributed by atoms with Crippen LogP contribution in [0.1, 0.15) is 22.5 Å². The van der Waals surface area contributed by atoms with E-state index in [0.29, 0.717) is 12.3 Å². The maximum atomic E-state index is 12.6. The van der Waals surface area contributed by atoms with Crippen LogP contribution in [0, 0.1) is 6.92 Å². The van der Waals surface area contributed by atoms with Crippen molar-refractivity contribution in [1.82, 2.24) is 10.6 Å². The van der Waals surface area contributed by atoms with E-state index in [1.54, 1.807) is 0 Å². The van der Waals surface area contributed by atoms with Gasteiger partial charge in [-0.3, -0.25) is 4.79 Å². The van der Waals surface area contributed by atoms with Gasteiger partial charge >= 0.3 is 0 Å². The van der Waals surface area contributed by atoms with Crippen molar-refractivity contribution >= 4 is 27.6 Å². The summed E-state index contributed by atoms with van der Waals surface area (Å²) in [7, 11) is 0. The number of hydrogen-bond donors (Lipinski definition) is 2. The SMILES string of the molecule is Cc1c(C(=O)NCC2=CCNCC2)oc2c1ccc1ccccc12. The van der Waals surface area contributed by atoms with Gasteiger partial charge in [-0.2, -0.15) is 0 Å². The van der Waals surface area contributed by atoms with Gasteiger partial charge < -0.3 is 15.1 Å². The molecule has 1 aliphatic rings. The number of amides is 1. The Bertz CT molecular complexity index is 953. The first kappa shape index (κ1) is 15.0. The molecule has 1 amide bonds. The zero-order chi connectivity index (χ0) is 16.5. The number of benzene rings is 2. The fraction of sp³-hybridized carbons (Fsp3) is 0.250. The summed E-state index contributed by atoms with van der Waals surface area (Å²) in [6, 6.07) is 12.2. The van der Waals surface area contributed by atoms with Crippen molar-refractivity contribution < 1.29 is 9.21 Å². The quantitative estimate of drug-likeness (QED) is 0.726. The van der Waals surface area contributed by atoms with Gasteiger partial charge in [0.15, 0.2) is 5.76 Å². The van der Waals surface area contributed by atoms with Crippen molar-refractivity contribution in [3.05, 3.63) is 59.4 Å². The number of furan rings is 1. The molecule has 0 spiro atoms. The largest absolute Gasteiger partial charge is 0.450 e. The lowest BCUT2D eigenvalue weighted by Gasteiger charge is -2.14. The second kappa shape index (κ2) is 6.13. The molecule has 24 heavy (non-hydrogen) atoms. The summed E-state index contributed by atoms with van der Waals surface area (Å²) in [5, 5.41) is 9.42. The normalized spacial score (nSPS) is 14.8. The number of carbonyl (C=O) groups is 1. The molecule has 0 unspecified atom stereocenters. The van der Waals surface area contributed by atoms with E-state index in [0.717, 1.165) is 46.8 Å². The van der Waals surface area contributed by atoms with Gasteiger partial charge in [0.05, 0.1) is 0 Å². The van der Waals surface area contributed by atoms with Crippen molar-refractivity contribution in [2.24, 2.45) is 0 Å². The van der Waals surface area contributed by atoms with E-state index in [2.05, 4.69) is 28.8 Å². The van der Waals surface area contributed by atoms with Gasteiger partial charge in [-0.15, -0.1) is 0 Å². The van der Waals surface area contributed by atoms with Gasteiger partial charge in [-0.1, -0.05) is 48.0 Å². The van der Waals surface area contributed by atoms with E-state index in [1.165, 1.54) is 5.57 Å². The minimum Gasteiger partial charge on any atom is -0.450 e. The monoisotopic (exact) mass is 320 g/mol. The minimum atomic E-state index is -0.146. The van der Waals surface area contributed by atoms with E-state index >= 15 is 0 Å². The molecule has 0 radical (unpaired) electrons. The Hall–Kier alpha value is -2.59. The molecule has 4 nitrogen and oxygen atoms in total. The van der Waals surface area contributed by atoms with Gasteiger partial charge in [0.2, 0.25) is 0 Å². The molecule has 0 atom stereocenters. The summed E-state index contributed by atoms with van der Waals surface area (Å²) in [4.78, 5) is 12.6. The fourth-order valence-corrected chi connectivity index (χ4v) is 3.27. The summed E-state index contributed by atoms with van der Waals surface area (Å²) in [5.74, 6) is 0.267. The molecular weight excluding hydrogens is 300 g/mol. The predicted octanol–water partition coefficient (Wildman–Crippen LogP) is 3.54. The average Bonchev–Trinajstić information content (AvgIpc) is 2.98. The number of carbonyl (C=O) groups excluding carboxylic acids is 1. The summed E-state index contributed by atoms with van der Waals surface area (Å²) in [5.41, 5.74) is 2.95. The molecule has 2 heterocycles. The van der Waals surface area contributed by atoms with Crippen molar-refractivity contribution in [3.8, 4) is 0 Å². The van der Waals surface area contributed by atoms with Crippen LogP contribution in [-0.4, -0.2) is 25.5 Å². The highest BCUT2D eigenvalue weighted by Crippen LogP contribution is 2.31. The second-order valence-electron chi connectivity index (χ2n) is 6.22. The molecule has 2 aromatic carbocycles. The molecule has 122 valence electrons. The second-order valence-corrected chi connectivity index (χ2v) is 6.22. The Labute approximate surface area is 140 Å². The Balaban J connectivity index is 1.66. The van der Waals surface area contributed by atoms with Gasteiger partial charge in [-0.25, -0.2) is 0 Å². The molecule has 2 N–H and O–H groups in total. The van der Waals surface area contributed by atoms with Gasteiger partial charge in [0.25, 0.3) is 5.91 Å². The first-order chi connectivity index (χ1) is 11.7. The Morgan fingerprint density at radius 1 is 1.21 bits per heavy atom. The van der Waals surface area contributed by atoms with Gasteiger partial charge in [0, 0.05) is 29.4 Å². The summed E-state index contributed by atoms with van der Waals surface area (Å²) in [6.07, 6.45) is 3.12. The smallest absolute Gasteiger partial charge is 0.287 e. The summed E-state index contributed by atoms with van der Waals surface area (Å²) < 4.78 is 5.97. The van der Waals surface area contributed by atoms with E-state index in [-0.39, 0.29) is 5.91 Å². The Morgan fingerprint density at radius 2 is 2.08 bits per heavy atom. The number of nitrogens with one attached hydrogen (secondary N) is 2. The first-order valence-electron chi connectivity index (χ1n) is 8.32. The minimum absolute atomic E-state index is 0.146. The summed E-state index contributed by atoms with van der Waals surface area (Å²) in [6.45, 7) is 4.37. The highest BCUT2D eigenvalue weighted by Gasteiger charge is 2.19. The average molecular weight is 320 g/mol. The molecule has 1 aliphatic heterocycles. The van der Waals surface area contributed by atoms with Crippen LogP contribution in [0.3, 0.4) is 0 Å². The molecule has 0 saturated heterocycles. The molecule has 3 aromatic rings. The van der Waals surface area contributed by atoms with E-state index in [1.807, 2.05) is 31.2 Å². The molecule has 1 aromatic heterocycles. The predicted molar refractivity (Wildman–Crippen MR) is 96.4 cm³/mol. The third-order valence-electron chi connectivity index (χ3n) is 4.67. The molecule has 4 rings (SSSR count). The van der Waals surface area contributed by atoms with Crippen LogP contribution in [-0.2, 0) is 0 Å². The lowest BCUT2D eigenvalue weighted by atomic mass is 10.1. The van der Waals surface area contributed by atoms with Crippen LogP contribution in [0.4, 0.5) is 0 Å². The number of hydrogen-bond acceptors (Lipinski definition) is 3. The van der Waals surface area contributed by atoms with Gasteiger partial charge in [-0.05, 0) is 25.3 Å². The van der Waals surface area contributed by atoms with E-state index < -0.39 is 0 Å². The molecular formula is C20H20N2O2. The van der Waals surface area contributed by atoms with Crippen LogP contribution >= 0.6 is 0 Å². The highest BCUT2D eigenvalue weighted by atomic mass is 16.3. The zero-order valence-corrected chi connectivity index (χ0v) is 13.7. The highest BCUT2D eigenvalue weighted by molar-refractivity contribution is 6.08. The number of fused-ring (bicyclic) bond motifs is 3. The molecule has 0 fully saturated rings. The summed E-state index contributed by atoms with van der Waals surface area (Å²) >= 11 is 0. The Kier molecular flexibility index (Phi) is 3.82. The maximum absolute atomic E-state index is 12.6. The van der Waals surface area contributed by atoms with Crippen molar-refractivity contribution in [1.29, 1.82) is 0 Å². The third-order valence-corrected chi connectivity index (χ3v) is 4.67. The topological polar surface area (TPSA) is 54.3 Å². The lowest BCUT2D eigenvalue weighted by Crippen LogP contribution is -2.29. The molecule has 0 saturated carbocycles. The maximum Gasteiger partial charge on any atom is 0.287 e. The molecule has 0 aliphatic carbocycles. The van der Waals surface area contributed by atoms with Crippen molar-refractivity contribution in [2.45, 2.75) is 13.3 Å². The van der Waals surface area contributed by atoms with Crippen LogP contribution < -0.4 is 10.6 Å². The van der Waals surface area contributed by atoms with E-state index in [4.69, 9.17) is 4.42 Å². The zero-order valence-electron chi connectivity index (χ0n) is 13.7.